The molecule has 150 valence electrons. The maximum atomic E-state index is 13.0. The van der Waals surface area contributed by atoms with Gasteiger partial charge in [0.1, 0.15) is 12.4 Å². The quantitative estimate of drug-likeness (QED) is 0.635. The van der Waals surface area contributed by atoms with Crippen LogP contribution < -0.4 is 4.74 Å². The summed E-state index contributed by atoms with van der Waals surface area (Å²) in [4.78, 5) is 17.2. The highest BCUT2D eigenvalue weighted by Gasteiger charge is 2.26. The van der Waals surface area contributed by atoms with Gasteiger partial charge in [0.15, 0.2) is 5.76 Å². The summed E-state index contributed by atoms with van der Waals surface area (Å²) in [5.41, 5.74) is 3.43. The summed E-state index contributed by atoms with van der Waals surface area (Å²) in [7, 11) is 0. The van der Waals surface area contributed by atoms with Crippen molar-refractivity contribution < 1.29 is 13.9 Å². The molecule has 0 atom stereocenters. The number of aryl methyl sites for hydroxylation is 1. The van der Waals surface area contributed by atoms with E-state index in [0.717, 1.165) is 30.9 Å². The third-order valence-electron chi connectivity index (χ3n) is 5.39. The summed E-state index contributed by atoms with van der Waals surface area (Å²) >= 11 is 0. The Kier molecular flexibility index (Phi) is 5.96. The average Bonchev–Trinajstić information content (AvgIpc) is 3.23. The van der Waals surface area contributed by atoms with Gasteiger partial charge in [-0.25, -0.2) is 0 Å². The van der Waals surface area contributed by atoms with Gasteiger partial charge in [0.25, 0.3) is 5.91 Å². The van der Waals surface area contributed by atoms with Crippen LogP contribution in [0, 0.1) is 6.92 Å². The van der Waals surface area contributed by atoms with Gasteiger partial charge in [-0.3, -0.25) is 9.69 Å². The Labute approximate surface area is 171 Å². The summed E-state index contributed by atoms with van der Waals surface area (Å²) in [6, 6.07) is 19.9. The van der Waals surface area contributed by atoms with Crippen LogP contribution in [0.15, 0.2) is 71.3 Å². The second kappa shape index (κ2) is 8.97. The van der Waals surface area contributed by atoms with Gasteiger partial charge in [0, 0.05) is 38.3 Å². The molecule has 1 fully saturated rings. The number of carbonyl (C=O) groups is 1. The lowest BCUT2D eigenvalue weighted by atomic mass is 10.1. The first-order valence-electron chi connectivity index (χ1n) is 10.0. The lowest BCUT2D eigenvalue weighted by Crippen LogP contribution is -2.48. The van der Waals surface area contributed by atoms with E-state index in [1.807, 2.05) is 41.3 Å². The largest absolute Gasteiger partial charge is 0.489 e. The fourth-order valence-corrected chi connectivity index (χ4v) is 3.60. The van der Waals surface area contributed by atoms with E-state index in [1.54, 1.807) is 6.26 Å². The number of piperazine rings is 1. The van der Waals surface area contributed by atoms with E-state index in [4.69, 9.17) is 9.15 Å². The standard InChI is InChI=1S/C24H26N2O3/c1-19-7-5-6-8-20(19)17-25-12-14-26(15-13-25)24(27)23-21(11-16-28-23)18-29-22-9-3-2-4-10-22/h2-11,16H,12-15,17-18H2,1H3. The molecule has 4 rings (SSSR count). The minimum absolute atomic E-state index is 0.0581. The van der Waals surface area contributed by atoms with Gasteiger partial charge in [-0.05, 0) is 36.2 Å². The van der Waals surface area contributed by atoms with Crippen molar-refractivity contribution in [3.63, 3.8) is 0 Å². The maximum absolute atomic E-state index is 13.0. The number of furan rings is 1. The lowest BCUT2D eigenvalue weighted by Gasteiger charge is -2.34. The van der Waals surface area contributed by atoms with Gasteiger partial charge in [-0.15, -0.1) is 0 Å². The Morgan fingerprint density at radius 2 is 1.66 bits per heavy atom. The van der Waals surface area contributed by atoms with Crippen LogP contribution in [0.3, 0.4) is 0 Å². The number of amides is 1. The predicted octanol–water partition coefficient (Wildman–Crippen LogP) is 4.13. The van der Waals surface area contributed by atoms with Crippen molar-refractivity contribution in [2.24, 2.45) is 0 Å². The maximum Gasteiger partial charge on any atom is 0.290 e. The Balaban J connectivity index is 1.33. The number of ether oxygens (including phenoxy) is 1. The highest BCUT2D eigenvalue weighted by Crippen LogP contribution is 2.19. The number of benzene rings is 2. The van der Waals surface area contributed by atoms with Crippen LogP contribution in [0.25, 0.3) is 0 Å². The topological polar surface area (TPSA) is 45.9 Å². The molecule has 0 N–H and O–H groups in total. The summed E-state index contributed by atoms with van der Waals surface area (Å²) in [5, 5.41) is 0. The van der Waals surface area contributed by atoms with E-state index in [2.05, 4.69) is 36.1 Å². The summed E-state index contributed by atoms with van der Waals surface area (Å²) < 4.78 is 11.3. The predicted molar refractivity (Wildman–Crippen MR) is 112 cm³/mol. The molecule has 0 aliphatic carbocycles. The third kappa shape index (κ3) is 4.69. The Bertz CT molecular complexity index is 944. The Morgan fingerprint density at radius 1 is 0.931 bits per heavy atom. The number of nitrogens with zero attached hydrogens (tertiary/aromatic N) is 2. The van der Waals surface area contributed by atoms with Gasteiger partial charge in [-0.2, -0.15) is 0 Å². The van der Waals surface area contributed by atoms with Crippen molar-refractivity contribution in [2.45, 2.75) is 20.1 Å². The molecule has 1 aromatic heterocycles. The molecule has 1 saturated heterocycles. The van der Waals surface area contributed by atoms with Gasteiger partial charge in [0.05, 0.1) is 6.26 Å². The molecule has 0 spiro atoms. The molecule has 5 heteroatoms. The van der Waals surface area contributed by atoms with Gasteiger partial charge in [-0.1, -0.05) is 42.5 Å². The van der Waals surface area contributed by atoms with Crippen molar-refractivity contribution in [1.29, 1.82) is 0 Å². The van der Waals surface area contributed by atoms with E-state index in [0.29, 0.717) is 25.5 Å². The highest BCUT2D eigenvalue weighted by molar-refractivity contribution is 5.93. The van der Waals surface area contributed by atoms with E-state index in [9.17, 15) is 4.79 Å². The fourth-order valence-electron chi connectivity index (χ4n) is 3.60. The Morgan fingerprint density at radius 3 is 2.41 bits per heavy atom. The molecule has 1 aliphatic rings. The van der Waals surface area contributed by atoms with Crippen molar-refractivity contribution in [3.8, 4) is 5.75 Å². The van der Waals surface area contributed by atoms with Crippen LogP contribution in [0.4, 0.5) is 0 Å². The monoisotopic (exact) mass is 390 g/mol. The van der Waals surface area contributed by atoms with E-state index in [1.165, 1.54) is 11.1 Å². The van der Waals surface area contributed by atoms with E-state index >= 15 is 0 Å². The number of rotatable bonds is 6. The molecule has 3 aromatic rings. The highest BCUT2D eigenvalue weighted by atomic mass is 16.5. The molecular formula is C24H26N2O3. The fraction of sp³-hybridized carbons (Fsp3) is 0.292. The molecule has 1 aliphatic heterocycles. The van der Waals surface area contributed by atoms with Gasteiger partial charge >= 0.3 is 0 Å². The van der Waals surface area contributed by atoms with Crippen LogP contribution in [-0.4, -0.2) is 41.9 Å². The normalized spacial score (nSPS) is 14.7. The zero-order valence-electron chi connectivity index (χ0n) is 16.7. The molecule has 0 saturated carbocycles. The second-order valence-electron chi connectivity index (χ2n) is 7.37. The number of hydrogen-bond acceptors (Lipinski definition) is 4. The summed E-state index contributed by atoms with van der Waals surface area (Å²) in [6.07, 6.45) is 1.56. The summed E-state index contributed by atoms with van der Waals surface area (Å²) in [5.74, 6) is 1.10. The first-order valence-corrected chi connectivity index (χ1v) is 10.0. The van der Waals surface area contributed by atoms with Crippen molar-refractivity contribution in [3.05, 3.63) is 89.4 Å². The minimum Gasteiger partial charge on any atom is -0.489 e. The van der Waals surface area contributed by atoms with Gasteiger partial charge in [0.2, 0.25) is 0 Å². The molecule has 0 bridgehead atoms. The molecule has 0 unspecified atom stereocenters. The smallest absolute Gasteiger partial charge is 0.290 e. The number of hydrogen-bond donors (Lipinski definition) is 0. The average molecular weight is 390 g/mol. The van der Waals surface area contributed by atoms with Crippen LogP contribution in [0.2, 0.25) is 0 Å². The first kappa shape index (κ1) is 19.3. The van der Waals surface area contributed by atoms with Crippen molar-refractivity contribution in [2.75, 3.05) is 26.2 Å². The first-order chi connectivity index (χ1) is 14.2. The number of para-hydroxylation sites is 1. The van der Waals surface area contributed by atoms with E-state index in [-0.39, 0.29) is 5.91 Å². The van der Waals surface area contributed by atoms with Crippen LogP contribution >= 0.6 is 0 Å². The summed E-state index contributed by atoms with van der Waals surface area (Å²) in [6.45, 7) is 6.49. The molecular weight excluding hydrogens is 364 g/mol. The van der Waals surface area contributed by atoms with E-state index < -0.39 is 0 Å². The SMILES string of the molecule is Cc1ccccc1CN1CCN(C(=O)c2occc2COc2ccccc2)CC1. The zero-order valence-corrected chi connectivity index (χ0v) is 16.7. The van der Waals surface area contributed by atoms with Crippen LogP contribution in [0.5, 0.6) is 5.75 Å². The molecule has 0 radical (unpaired) electrons. The third-order valence-corrected chi connectivity index (χ3v) is 5.39. The zero-order chi connectivity index (χ0) is 20.1. The van der Waals surface area contributed by atoms with Gasteiger partial charge < -0.3 is 14.1 Å². The Hall–Kier alpha value is -3.05. The molecule has 5 nitrogen and oxygen atoms in total. The van der Waals surface area contributed by atoms with Crippen molar-refractivity contribution >= 4 is 5.91 Å². The molecule has 29 heavy (non-hydrogen) atoms. The molecule has 2 aromatic carbocycles. The molecule has 2 heterocycles. The van der Waals surface area contributed by atoms with Crippen LogP contribution in [-0.2, 0) is 13.2 Å². The second-order valence-corrected chi connectivity index (χ2v) is 7.37. The molecule has 1 amide bonds. The van der Waals surface area contributed by atoms with Crippen molar-refractivity contribution in [1.82, 2.24) is 9.80 Å². The number of carbonyl (C=O) groups excluding carboxylic acids is 1. The minimum atomic E-state index is -0.0581. The van der Waals surface area contributed by atoms with Crippen LogP contribution in [0.1, 0.15) is 27.2 Å². The lowest BCUT2D eigenvalue weighted by molar-refractivity contribution is 0.0594.